The van der Waals surface area contributed by atoms with E-state index in [1.165, 1.54) is 6.92 Å². The van der Waals surface area contributed by atoms with Crippen LogP contribution >= 0.6 is 0 Å². The summed E-state index contributed by atoms with van der Waals surface area (Å²) in [4.78, 5) is 10.7. The molecule has 13 heavy (non-hydrogen) atoms. The van der Waals surface area contributed by atoms with Gasteiger partial charge in [0.25, 0.3) is 0 Å². The minimum Gasteiger partial charge on any atom is -0.380 e. The molecule has 2 nitrogen and oxygen atoms in total. The molecule has 0 aliphatic carbocycles. The Balaban J connectivity index is 2.63. The van der Waals surface area contributed by atoms with Crippen molar-refractivity contribution < 1.29 is 18.3 Å². The largest absolute Gasteiger partial charge is 0.380 e. The molecule has 0 N–H and O–H groups in total. The maximum atomic E-state index is 13.0. The summed E-state index contributed by atoms with van der Waals surface area (Å²) in [6.07, 6.45) is 0.457. The first kappa shape index (κ1) is 10.6. The number of halogens is 2. The molecule has 0 amide bonds. The Morgan fingerprint density at radius 1 is 1.62 bits per heavy atom. The smallest absolute Gasteiger partial charge is 0.248 e. The molecule has 0 aromatic carbocycles. The lowest BCUT2D eigenvalue weighted by Crippen LogP contribution is -2.32. The van der Waals surface area contributed by atoms with Gasteiger partial charge in [-0.2, -0.15) is 0 Å². The Morgan fingerprint density at radius 2 is 2.31 bits per heavy atom. The van der Waals surface area contributed by atoms with Gasteiger partial charge < -0.3 is 9.53 Å². The molecule has 0 radical (unpaired) electrons. The van der Waals surface area contributed by atoms with E-state index in [-0.39, 0.29) is 19.4 Å². The average Bonchev–Trinajstić information content (AvgIpc) is 2.53. The van der Waals surface area contributed by atoms with E-state index in [1.807, 2.05) is 0 Å². The predicted molar refractivity (Wildman–Crippen MR) is 43.8 cm³/mol. The first-order chi connectivity index (χ1) is 6.04. The molecule has 1 saturated heterocycles. The SMILES string of the molecule is CCC(F)(F)CC1(C=O)CCOC1. The molecule has 1 rings (SSSR count). The summed E-state index contributed by atoms with van der Waals surface area (Å²) in [5.74, 6) is -2.74. The summed E-state index contributed by atoms with van der Waals surface area (Å²) in [6, 6.07) is 0. The molecule has 0 aromatic rings. The van der Waals surface area contributed by atoms with Gasteiger partial charge in [-0.15, -0.1) is 0 Å². The van der Waals surface area contributed by atoms with E-state index in [2.05, 4.69) is 0 Å². The Bertz CT molecular complexity index is 186. The summed E-state index contributed by atoms with van der Waals surface area (Å²) in [5.41, 5.74) is -0.931. The van der Waals surface area contributed by atoms with Gasteiger partial charge in [-0.3, -0.25) is 0 Å². The van der Waals surface area contributed by atoms with Crippen LogP contribution in [-0.4, -0.2) is 25.4 Å². The first-order valence-corrected chi connectivity index (χ1v) is 4.45. The highest BCUT2D eigenvalue weighted by Crippen LogP contribution is 2.38. The second kappa shape index (κ2) is 3.70. The molecule has 1 fully saturated rings. The first-order valence-electron chi connectivity index (χ1n) is 4.45. The van der Waals surface area contributed by atoms with Crippen LogP contribution < -0.4 is 0 Å². The Labute approximate surface area is 76.3 Å². The summed E-state index contributed by atoms with van der Waals surface area (Å²) in [6.45, 7) is 1.99. The van der Waals surface area contributed by atoms with Crippen molar-refractivity contribution in [3.05, 3.63) is 0 Å². The van der Waals surface area contributed by atoms with Crippen LogP contribution in [0.1, 0.15) is 26.2 Å². The summed E-state index contributed by atoms with van der Waals surface area (Å²) >= 11 is 0. The predicted octanol–water partition coefficient (Wildman–Crippen LogP) is 2.03. The van der Waals surface area contributed by atoms with Crippen LogP contribution in [0.2, 0.25) is 0 Å². The van der Waals surface area contributed by atoms with E-state index in [9.17, 15) is 13.6 Å². The lowest BCUT2D eigenvalue weighted by molar-refractivity contribution is -0.123. The number of carbonyl (C=O) groups is 1. The standard InChI is InChI=1S/C9H14F2O2/c1-2-9(10,11)5-8(6-12)3-4-13-7-8/h6H,2-5,7H2,1H3. The van der Waals surface area contributed by atoms with Crippen LogP contribution in [0.4, 0.5) is 8.78 Å². The highest BCUT2D eigenvalue weighted by atomic mass is 19.3. The van der Waals surface area contributed by atoms with Crippen LogP contribution in [0.25, 0.3) is 0 Å². The van der Waals surface area contributed by atoms with Crippen LogP contribution in [0.5, 0.6) is 0 Å². The van der Waals surface area contributed by atoms with Gasteiger partial charge >= 0.3 is 0 Å². The molecular weight excluding hydrogens is 178 g/mol. The van der Waals surface area contributed by atoms with Gasteiger partial charge in [0.1, 0.15) is 6.29 Å². The zero-order valence-electron chi connectivity index (χ0n) is 7.69. The molecule has 76 valence electrons. The van der Waals surface area contributed by atoms with Crippen molar-refractivity contribution in [3.63, 3.8) is 0 Å². The van der Waals surface area contributed by atoms with Gasteiger partial charge in [0.2, 0.25) is 5.92 Å². The van der Waals surface area contributed by atoms with Crippen LogP contribution in [0.3, 0.4) is 0 Å². The highest BCUT2D eigenvalue weighted by molar-refractivity contribution is 5.60. The van der Waals surface area contributed by atoms with Gasteiger partial charge in [-0.05, 0) is 6.42 Å². The van der Waals surface area contributed by atoms with Gasteiger partial charge in [-0.1, -0.05) is 6.92 Å². The number of carbonyl (C=O) groups excluding carboxylic acids is 1. The van der Waals surface area contributed by atoms with Crippen molar-refractivity contribution in [3.8, 4) is 0 Å². The van der Waals surface area contributed by atoms with E-state index in [0.29, 0.717) is 19.3 Å². The molecular formula is C9H14F2O2. The quantitative estimate of drug-likeness (QED) is 0.637. The number of alkyl halides is 2. The minimum absolute atomic E-state index is 0.145. The monoisotopic (exact) mass is 192 g/mol. The second-order valence-electron chi connectivity index (χ2n) is 3.67. The number of rotatable bonds is 4. The Hall–Kier alpha value is -0.510. The molecule has 0 aromatic heterocycles. The van der Waals surface area contributed by atoms with E-state index in [0.717, 1.165) is 0 Å². The number of aldehydes is 1. The van der Waals surface area contributed by atoms with Gasteiger partial charge in [0, 0.05) is 19.4 Å². The Morgan fingerprint density at radius 3 is 2.69 bits per heavy atom. The van der Waals surface area contributed by atoms with E-state index in [4.69, 9.17) is 4.74 Å². The highest BCUT2D eigenvalue weighted by Gasteiger charge is 2.43. The third kappa shape index (κ3) is 2.46. The van der Waals surface area contributed by atoms with E-state index < -0.39 is 11.3 Å². The number of hydrogen-bond acceptors (Lipinski definition) is 2. The summed E-state index contributed by atoms with van der Waals surface area (Å²) < 4.78 is 31.0. The van der Waals surface area contributed by atoms with Crippen molar-refractivity contribution >= 4 is 6.29 Å². The maximum Gasteiger partial charge on any atom is 0.248 e. The fourth-order valence-corrected chi connectivity index (χ4v) is 1.54. The molecule has 1 aliphatic heterocycles. The summed E-state index contributed by atoms with van der Waals surface area (Å²) in [5, 5.41) is 0. The van der Waals surface area contributed by atoms with Crippen molar-refractivity contribution in [2.24, 2.45) is 5.41 Å². The zero-order valence-corrected chi connectivity index (χ0v) is 7.69. The van der Waals surface area contributed by atoms with Crippen molar-refractivity contribution in [2.75, 3.05) is 13.2 Å². The molecule has 4 heteroatoms. The lowest BCUT2D eigenvalue weighted by atomic mass is 9.82. The van der Waals surface area contributed by atoms with Crippen LogP contribution in [-0.2, 0) is 9.53 Å². The summed E-state index contributed by atoms with van der Waals surface area (Å²) in [7, 11) is 0. The minimum atomic E-state index is -2.74. The molecule has 1 atom stereocenters. The van der Waals surface area contributed by atoms with Crippen LogP contribution in [0.15, 0.2) is 0 Å². The topological polar surface area (TPSA) is 26.3 Å². The zero-order chi connectivity index (χ0) is 9.95. The second-order valence-corrected chi connectivity index (χ2v) is 3.67. The van der Waals surface area contributed by atoms with Crippen LogP contribution in [0, 0.1) is 5.41 Å². The lowest BCUT2D eigenvalue weighted by Gasteiger charge is -2.25. The van der Waals surface area contributed by atoms with Crippen molar-refractivity contribution in [1.29, 1.82) is 0 Å². The van der Waals surface area contributed by atoms with Gasteiger partial charge in [0.05, 0.1) is 12.0 Å². The third-order valence-electron chi connectivity index (χ3n) is 2.51. The van der Waals surface area contributed by atoms with E-state index in [1.54, 1.807) is 0 Å². The Kier molecular flexibility index (Phi) is 3.01. The maximum absolute atomic E-state index is 13.0. The van der Waals surface area contributed by atoms with Crippen molar-refractivity contribution in [2.45, 2.75) is 32.1 Å². The molecule has 0 bridgehead atoms. The normalized spacial score (nSPS) is 29.2. The van der Waals surface area contributed by atoms with Gasteiger partial charge in [0.15, 0.2) is 0 Å². The number of ether oxygens (including phenoxy) is 1. The molecule has 1 aliphatic rings. The average molecular weight is 192 g/mol. The fourth-order valence-electron chi connectivity index (χ4n) is 1.54. The van der Waals surface area contributed by atoms with Gasteiger partial charge in [-0.25, -0.2) is 8.78 Å². The van der Waals surface area contributed by atoms with E-state index >= 15 is 0 Å². The third-order valence-corrected chi connectivity index (χ3v) is 2.51. The molecule has 0 saturated carbocycles. The fraction of sp³-hybridized carbons (Fsp3) is 0.889. The molecule has 0 spiro atoms. The molecule has 1 heterocycles. The number of hydrogen-bond donors (Lipinski definition) is 0. The van der Waals surface area contributed by atoms with Crippen molar-refractivity contribution in [1.82, 2.24) is 0 Å². The molecule has 1 unspecified atom stereocenters.